The Balaban J connectivity index is 1.59. The Kier molecular flexibility index (Phi) is 3.15. The van der Waals surface area contributed by atoms with E-state index in [4.69, 9.17) is 0 Å². The lowest BCUT2D eigenvalue weighted by atomic mass is 9.88. The second kappa shape index (κ2) is 4.94. The number of nitrogens with zero attached hydrogens (tertiary/aromatic N) is 1. The maximum Gasteiger partial charge on any atom is 0.103 e. The van der Waals surface area contributed by atoms with Crippen LogP contribution in [0.25, 0.3) is 0 Å². The maximum absolute atomic E-state index is 4.22. The van der Waals surface area contributed by atoms with Crippen molar-refractivity contribution in [2.75, 3.05) is 0 Å². The molecule has 3 heteroatoms. The molecule has 0 spiro atoms. The Labute approximate surface area is 108 Å². The summed E-state index contributed by atoms with van der Waals surface area (Å²) in [5.41, 5.74) is 4.20. The number of imidazole rings is 1. The van der Waals surface area contributed by atoms with Gasteiger partial charge in [-0.15, -0.1) is 0 Å². The number of aromatic amines is 1. The number of hydrogen-bond acceptors (Lipinski definition) is 2. The zero-order valence-electron chi connectivity index (χ0n) is 10.7. The highest BCUT2D eigenvalue weighted by atomic mass is 15.0. The van der Waals surface area contributed by atoms with Crippen molar-refractivity contribution in [1.82, 2.24) is 15.3 Å². The van der Waals surface area contributed by atoms with Crippen LogP contribution in [0.4, 0.5) is 0 Å². The molecule has 2 N–H and O–H groups in total. The first kappa shape index (κ1) is 11.5. The highest BCUT2D eigenvalue weighted by Crippen LogP contribution is 2.21. The van der Waals surface area contributed by atoms with Crippen molar-refractivity contribution in [1.29, 1.82) is 0 Å². The number of aryl methyl sites for hydroxylation is 2. The van der Waals surface area contributed by atoms with E-state index in [-0.39, 0.29) is 0 Å². The molecule has 1 aromatic heterocycles. The van der Waals surface area contributed by atoms with E-state index >= 15 is 0 Å². The summed E-state index contributed by atoms with van der Waals surface area (Å²) in [7, 11) is 0. The third-order valence-corrected chi connectivity index (χ3v) is 3.68. The molecular formula is C15H19N3. The largest absolute Gasteiger partial charge is 0.345 e. The van der Waals surface area contributed by atoms with Gasteiger partial charge in [-0.1, -0.05) is 24.3 Å². The number of fused-ring (bicyclic) bond motifs is 1. The molecule has 1 heterocycles. The summed E-state index contributed by atoms with van der Waals surface area (Å²) in [6, 6.07) is 9.37. The minimum Gasteiger partial charge on any atom is -0.345 e. The van der Waals surface area contributed by atoms with Gasteiger partial charge in [-0.25, -0.2) is 4.98 Å². The quantitative estimate of drug-likeness (QED) is 0.866. The van der Waals surface area contributed by atoms with Gasteiger partial charge in [0.2, 0.25) is 0 Å². The minimum atomic E-state index is 0.587. The molecular weight excluding hydrogens is 222 g/mol. The van der Waals surface area contributed by atoms with Crippen LogP contribution in [-0.2, 0) is 19.4 Å². The first-order valence-corrected chi connectivity index (χ1v) is 6.62. The van der Waals surface area contributed by atoms with Crippen LogP contribution >= 0.6 is 0 Å². The number of nitrogens with one attached hydrogen (secondary N) is 2. The number of hydrogen-bond donors (Lipinski definition) is 2. The fourth-order valence-corrected chi connectivity index (χ4v) is 2.69. The Morgan fingerprint density at radius 2 is 2.17 bits per heavy atom. The normalized spacial score (nSPS) is 18.6. The van der Waals surface area contributed by atoms with Crippen molar-refractivity contribution in [3.05, 3.63) is 53.1 Å². The highest BCUT2D eigenvalue weighted by molar-refractivity contribution is 5.30. The molecule has 0 amide bonds. The van der Waals surface area contributed by atoms with E-state index in [1.54, 1.807) is 0 Å². The topological polar surface area (TPSA) is 40.7 Å². The smallest absolute Gasteiger partial charge is 0.103 e. The first-order chi connectivity index (χ1) is 8.81. The fourth-order valence-electron chi connectivity index (χ4n) is 2.69. The molecule has 0 saturated carbocycles. The Morgan fingerprint density at radius 3 is 2.94 bits per heavy atom. The van der Waals surface area contributed by atoms with Gasteiger partial charge >= 0.3 is 0 Å². The molecule has 1 aliphatic carbocycles. The van der Waals surface area contributed by atoms with Crippen LogP contribution in [0.15, 0.2) is 30.5 Å². The Hall–Kier alpha value is -1.61. The van der Waals surface area contributed by atoms with E-state index in [0.717, 1.165) is 18.8 Å². The van der Waals surface area contributed by atoms with Gasteiger partial charge in [-0.3, -0.25) is 0 Å². The summed E-state index contributed by atoms with van der Waals surface area (Å²) in [6.07, 6.45) is 5.47. The van der Waals surface area contributed by atoms with E-state index in [2.05, 4.69) is 39.6 Å². The summed E-state index contributed by atoms with van der Waals surface area (Å²) in [5, 5.41) is 3.62. The second-order valence-electron chi connectivity index (χ2n) is 5.08. The van der Waals surface area contributed by atoms with Gasteiger partial charge in [0.1, 0.15) is 5.82 Å². The predicted octanol–water partition coefficient (Wildman–Crippen LogP) is 2.37. The average molecular weight is 241 g/mol. The van der Waals surface area contributed by atoms with Gasteiger partial charge in [-0.05, 0) is 37.3 Å². The second-order valence-corrected chi connectivity index (χ2v) is 5.08. The van der Waals surface area contributed by atoms with Crippen LogP contribution < -0.4 is 5.32 Å². The molecule has 0 bridgehead atoms. The molecule has 1 aromatic carbocycles. The molecule has 3 nitrogen and oxygen atoms in total. The molecule has 94 valence electrons. The number of aromatic nitrogens is 2. The van der Waals surface area contributed by atoms with Crippen molar-refractivity contribution in [3.8, 4) is 0 Å². The number of H-pyrrole nitrogens is 1. The summed E-state index contributed by atoms with van der Waals surface area (Å²) in [6.45, 7) is 2.87. The Morgan fingerprint density at radius 1 is 1.33 bits per heavy atom. The van der Waals surface area contributed by atoms with Crippen molar-refractivity contribution >= 4 is 0 Å². The maximum atomic E-state index is 4.22. The standard InChI is InChI=1S/C15H19N3/c1-11-16-9-15(18-11)10-17-14-7-6-12-4-2-3-5-13(12)8-14/h2-5,9,14,17H,6-8,10H2,1H3,(H,16,18). The van der Waals surface area contributed by atoms with Gasteiger partial charge in [0.25, 0.3) is 0 Å². The van der Waals surface area contributed by atoms with Crippen LogP contribution in [-0.4, -0.2) is 16.0 Å². The summed E-state index contributed by atoms with van der Waals surface area (Å²) < 4.78 is 0. The third-order valence-electron chi connectivity index (χ3n) is 3.68. The molecule has 18 heavy (non-hydrogen) atoms. The van der Waals surface area contributed by atoms with E-state index in [0.29, 0.717) is 6.04 Å². The van der Waals surface area contributed by atoms with Crippen molar-refractivity contribution in [3.63, 3.8) is 0 Å². The lowest BCUT2D eigenvalue weighted by Crippen LogP contribution is -2.34. The molecule has 1 aliphatic rings. The van der Waals surface area contributed by atoms with Gasteiger partial charge in [0.15, 0.2) is 0 Å². The lowest BCUT2D eigenvalue weighted by molar-refractivity contribution is 0.455. The van der Waals surface area contributed by atoms with Crippen LogP contribution in [0.1, 0.15) is 29.1 Å². The molecule has 1 atom stereocenters. The molecule has 0 saturated heterocycles. The summed E-state index contributed by atoms with van der Waals surface area (Å²) in [4.78, 5) is 7.48. The third kappa shape index (κ3) is 2.46. The zero-order chi connectivity index (χ0) is 12.4. The summed E-state index contributed by atoms with van der Waals surface area (Å²) >= 11 is 0. The number of rotatable bonds is 3. The zero-order valence-corrected chi connectivity index (χ0v) is 10.7. The predicted molar refractivity (Wildman–Crippen MR) is 72.4 cm³/mol. The van der Waals surface area contributed by atoms with E-state index < -0.39 is 0 Å². The van der Waals surface area contributed by atoms with Gasteiger partial charge in [0.05, 0.1) is 0 Å². The van der Waals surface area contributed by atoms with Crippen molar-refractivity contribution < 1.29 is 0 Å². The fraction of sp³-hybridized carbons (Fsp3) is 0.400. The molecule has 0 aliphatic heterocycles. The van der Waals surface area contributed by atoms with Crippen LogP contribution in [0, 0.1) is 6.92 Å². The molecule has 3 rings (SSSR count). The van der Waals surface area contributed by atoms with Gasteiger partial charge < -0.3 is 10.3 Å². The van der Waals surface area contributed by atoms with Crippen molar-refractivity contribution in [2.45, 2.75) is 38.8 Å². The molecule has 1 unspecified atom stereocenters. The monoisotopic (exact) mass is 241 g/mol. The lowest BCUT2D eigenvalue weighted by Gasteiger charge is -2.25. The molecule has 0 fully saturated rings. The van der Waals surface area contributed by atoms with E-state index in [1.165, 1.54) is 29.7 Å². The first-order valence-electron chi connectivity index (χ1n) is 6.62. The minimum absolute atomic E-state index is 0.587. The van der Waals surface area contributed by atoms with Gasteiger partial charge in [-0.2, -0.15) is 0 Å². The molecule has 2 aromatic rings. The molecule has 0 radical (unpaired) electrons. The average Bonchev–Trinajstić information content (AvgIpc) is 2.82. The van der Waals surface area contributed by atoms with Crippen LogP contribution in [0.2, 0.25) is 0 Å². The SMILES string of the molecule is Cc1ncc(CNC2CCc3ccccc3C2)[nH]1. The van der Waals surface area contributed by atoms with E-state index in [1.807, 2.05) is 13.1 Å². The summed E-state index contributed by atoms with van der Waals surface area (Å²) in [5.74, 6) is 0.987. The van der Waals surface area contributed by atoms with Gasteiger partial charge in [0, 0.05) is 24.5 Å². The van der Waals surface area contributed by atoms with Crippen LogP contribution in [0.3, 0.4) is 0 Å². The van der Waals surface area contributed by atoms with E-state index in [9.17, 15) is 0 Å². The van der Waals surface area contributed by atoms with Crippen LogP contribution in [0.5, 0.6) is 0 Å². The van der Waals surface area contributed by atoms with Crippen molar-refractivity contribution in [2.24, 2.45) is 0 Å². The number of benzene rings is 1. The Bertz CT molecular complexity index is 530. The highest BCUT2D eigenvalue weighted by Gasteiger charge is 2.17.